The molecule has 7 heteroatoms. The summed E-state index contributed by atoms with van der Waals surface area (Å²) < 4.78 is 13.8. The minimum atomic E-state index is -0.881. The summed E-state index contributed by atoms with van der Waals surface area (Å²) in [5.74, 6) is 0.824. The summed E-state index contributed by atoms with van der Waals surface area (Å²) in [4.78, 5) is 23.9. The maximum Gasteiger partial charge on any atom is 0.223 e. The monoisotopic (exact) mass is 326 g/mol. The zero-order valence-corrected chi connectivity index (χ0v) is 14.1. The first kappa shape index (κ1) is 17.0. The standard InChI is InChI=1S/C15H23FN4OS/c1-11(22-3)6-15(21)19(2)9-13-7-12(16)8-20(13)14-4-5-17-10-18-14/h4-5,10-13H,6-9H2,1-3H3/t11-,12-,13-/m0/s1. The van der Waals surface area contributed by atoms with Gasteiger partial charge in [0.15, 0.2) is 0 Å². The molecule has 0 aliphatic carbocycles. The highest BCUT2D eigenvalue weighted by molar-refractivity contribution is 7.99. The number of hydrogen-bond donors (Lipinski definition) is 0. The number of rotatable bonds is 6. The van der Waals surface area contributed by atoms with Gasteiger partial charge in [-0.15, -0.1) is 0 Å². The number of carbonyl (C=O) groups excluding carboxylic acids is 1. The largest absolute Gasteiger partial charge is 0.349 e. The molecule has 0 radical (unpaired) electrons. The summed E-state index contributed by atoms with van der Waals surface area (Å²) in [6.45, 7) is 2.88. The molecule has 1 aliphatic rings. The lowest BCUT2D eigenvalue weighted by Crippen LogP contribution is -2.42. The molecule has 5 nitrogen and oxygen atoms in total. The molecule has 2 heterocycles. The van der Waals surface area contributed by atoms with Crippen LogP contribution in [0, 0.1) is 0 Å². The molecule has 0 unspecified atom stereocenters. The molecule has 0 aromatic carbocycles. The predicted molar refractivity (Wildman–Crippen MR) is 87.9 cm³/mol. The summed E-state index contributed by atoms with van der Waals surface area (Å²) in [6.07, 6.45) is 5.18. The van der Waals surface area contributed by atoms with E-state index >= 15 is 0 Å². The Kier molecular flexibility index (Phi) is 5.99. The van der Waals surface area contributed by atoms with E-state index in [4.69, 9.17) is 0 Å². The van der Waals surface area contributed by atoms with E-state index in [-0.39, 0.29) is 11.9 Å². The van der Waals surface area contributed by atoms with Crippen LogP contribution in [0.2, 0.25) is 0 Å². The van der Waals surface area contributed by atoms with E-state index in [0.717, 1.165) is 5.82 Å². The van der Waals surface area contributed by atoms with Crippen molar-refractivity contribution in [1.29, 1.82) is 0 Å². The predicted octanol–water partition coefficient (Wildman–Crippen LogP) is 1.99. The molecule has 1 fully saturated rings. The normalized spacial score (nSPS) is 22.6. The van der Waals surface area contributed by atoms with Crippen molar-refractivity contribution in [3.05, 3.63) is 18.6 Å². The lowest BCUT2D eigenvalue weighted by atomic mass is 10.2. The molecule has 3 atom stereocenters. The van der Waals surface area contributed by atoms with Crippen LogP contribution in [0.5, 0.6) is 0 Å². The van der Waals surface area contributed by atoms with E-state index in [1.165, 1.54) is 6.33 Å². The van der Waals surface area contributed by atoms with Gasteiger partial charge in [0.05, 0.1) is 12.6 Å². The number of anilines is 1. The van der Waals surface area contributed by atoms with Crippen LogP contribution >= 0.6 is 11.8 Å². The maximum atomic E-state index is 13.8. The lowest BCUT2D eigenvalue weighted by molar-refractivity contribution is -0.130. The van der Waals surface area contributed by atoms with Crippen LogP contribution in [-0.4, -0.2) is 64.6 Å². The molecule has 22 heavy (non-hydrogen) atoms. The van der Waals surface area contributed by atoms with E-state index in [9.17, 15) is 9.18 Å². The third kappa shape index (κ3) is 4.32. The second kappa shape index (κ2) is 7.76. The summed E-state index contributed by atoms with van der Waals surface area (Å²) in [6, 6.07) is 1.74. The Bertz CT molecular complexity index is 490. The van der Waals surface area contributed by atoms with E-state index < -0.39 is 6.17 Å². The van der Waals surface area contributed by atoms with Crippen molar-refractivity contribution in [2.75, 3.05) is 31.3 Å². The Morgan fingerprint density at radius 2 is 2.41 bits per heavy atom. The van der Waals surface area contributed by atoms with Crippen molar-refractivity contribution in [3.8, 4) is 0 Å². The Morgan fingerprint density at radius 3 is 3.05 bits per heavy atom. The summed E-state index contributed by atoms with van der Waals surface area (Å²) in [5.41, 5.74) is 0. The smallest absolute Gasteiger partial charge is 0.223 e. The van der Waals surface area contributed by atoms with Crippen molar-refractivity contribution in [3.63, 3.8) is 0 Å². The molecule has 0 N–H and O–H groups in total. The molecule has 122 valence electrons. The fraction of sp³-hybridized carbons (Fsp3) is 0.667. The Morgan fingerprint density at radius 1 is 1.64 bits per heavy atom. The zero-order valence-electron chi connectivity index (χ0n) is 13.3. The maximum absolute atomic E-state index is 13.8. The molecular formula is C15H23FN4OS. The van der Waals surface area contributed by atoms with Crippen LogP contribution in [0.3, 0.4) is 0 Å². The summed E-state index contributed by atoms with van der Waals surface area (Å²) in [7, 11) is 1.79. The van der Waals surface area contributed by atoms with Crippen LogP contribution in [-0.2, 0) is 4.79 Å². The van der Waals surface area contributed by atoms with Gasteiger partial charge in [-0.1, -0.05) is 6.92 Å². The Hall–Kier alpha value is -1.37. The Balaban J connectivity index is 1.99. The van der Waals surface area contributed by atoms with Gasteiger partial charge in [-0.2, -0.15) is 11.8 Å². The van der Waals surface area contributed by atoms with Gasteiger partial charge < -0.3 is 9.80 Å². The van der Waals surface area contributed by atoms with Gasteiger partial charge in [0.25, 0.3) is 0 Å². The van der Waals surface area contributed by atoms with Gasteiger partial charge in [0.1, 0.15) is 18.3 Å². The van der Waals surface area contributed by atoms with Crippen LogP contribution in [0.4, 0.5) is 10.2 Å². The first-order chi connectivity index (χ1) is 10.5. The number of thioether (sulfide) groups is 1. The number of halogens is 1. The number of hydrogen-bond acceptors (Lipinski definition) is 5. The van der Waals surface area contributed by atoms with Crippen molar-refractivity contribution in [2.45, 2.75) is 37.2 Å². The molecule has 0 saturated carbocycles. The van der Waals surface area contributed by atoms with Gasteiger partial charge in [-0.3, -0.25) is 4.79 Å². The topological polar surface area (TPSA) is 49.3 Å². The molecule has 0 bridgehead atoms. The van der Waals surface area contributed by atoms with E-state index in [1.54, 1.807) is 36.0 Å². The lowest BCUT2D eigenvalue weighted by Gasteiger charge is -2.29. The third-order valence-electron chi connectivity index (χ3n) is 4.00. The highest BCUT2D eigenvalue weighted by Crippen LogP contribution is 2.26. The molecule has 1 aliphatic heterocycles. The van der Waals surface area contributed by atoms with Gasteiger partial charge >= 0.3 is 0 Å². The summed E-state index contributed by atoms with van der Waals surface area (Å²) >= 11 is 1.68. The zero-order chi connectivity index (χ0) is 16.1. The molecule has 1 aromatic heterocycles. The molecule has 1 aromatic rings. The molecule has 2 rings (SSSR count). The second-order valence-electron chi connectivity index (χ2n) is 5.73. The van der Waals surface area contributed by atoms with Gasteiger partial charge in [-0.05, 0) is 12.3 Å². The van der Waals surface area contributed by atoms with E-state index in [2.05, 4.69) is 9.97 Å². The van der Waals surface area contributed by atoms with Gasteiger partial charge in [0, 0.05) is 37.9 Å². The van der Waals surface area contributed by atoms with Gasteiger partial charge in [-0.25, -0.2) is 14.4 Å². The van der Waals surface area contributed by atoms with Crippen molar-refractivity contribution in [2.24, 2.45) is 0 Å². The van der Waals surface area contributed by atoms with Crippen molar-refractivity contribution in [1.82, 2.24) is 14.9 Å². The second-order valence-corrected chi connectivity index (χ2v) is 7.01. The average molecular weight is 326 g/mol. The molecular weight excluding hydrogens is 303 g/mol. The van der Waals surface area contributed by atoms with Crippen LogP contribution in [0.15, 0.2) is 18.6 Å². The number of amides is 1. The first-order valence-electron chi connectivity index (χ1n) is 7.44. The number of alkyl halides is 1. The van der Waals surface area contributed by atoms with Crippen molar-refractivity contribution < 1.29 is 9.18 Å². The fourth-order valence-corrected chi connectivity index (χ4v) is 2.98. The molecule has 1 amide bonds. The highest BCUT2D eigenvalue weighted by Gasteiger charge is 2.34. The highest BCUT2D eigenvalue weighted by atomic mass is 32.2. The minimum absolute atomic E-state index is 0.0385. The van der Waals surface area contributed by atoms with Gasteiger partial charge in [0.2, 0.25) is 5.91 Å². The summed E-state index contributed by atoms with van der Waals surface area (Å²) in [5, 5.41) is 0.297. The van der Waals surface area contributed by atoms with Crippen LogP contribution in [0.25, 0.3) is 0 Å². The fourth-order valence-electron chi connectivity index (χ4n) is 2.67. The number of likely N-dealkylation sites (N-methyl/N-ethyl adjacent to an activating group) is 1. The quantitative estimate of drug-likeness (QED) is 0.800. The Labute approximate surface area is 135 Å². The van der Waals surface area contributed by atoms with Crippen LogP contribution < -0.4 is 4.90 Å². The van der Waals surface area contributed by atoms with E-state index in [1.807, 2.05) is 18.1 Å². The van der Waals surface area contributed by atoms with E-state index in [0.29, 0.717) is 31.2 Å². The van der Waals surface area contributed by atoms with Crippen LogP contribution in [0.1, 0.15) is 19.8 Å². The SMILES string of the molecule is CS[C@@H](C)CC(=O)N(C)C[C@@H]1C[C@H](F)CN1c1ccncn1. The van der Waals surface area contributed by atoms with Crippen molar-refractivity contribution >= 4 is 23.5 Å². The number of carbonyl (C=O) groups is 1. The number of nitrogens with zero attached hydrogens (tertiary/aromatic N) is 4. The molecule has 1 saturated heterocycles. The minimum Gasteiger partial charge on any atom is -0.349 e. The number of aromatic nitrogens is 2. The third-order valence-corrected chi connectivity index (χ3v) is 4.97. The average Bonchev–Trinajstić information content (AvgIpc) is 2.88. The molecule has 0 spiro atoms. The first-order valence-corrected chi connectivity index (χ1v) is 8.73.